The second-order valence-corrected chi connectivity index (χ2v) is 7.42. The zero-order chi connectivity index (χ0) is 15.1. The molecule has 1 atom stereocenters. The van der Waals surface area contributed by atoms with Gasteiger partial charge in [0, 0.05) is 17.6 Å². The molecule has 0 aliphatic carbocycles. The van der Waals surface area contributed by atoms with Crippen LogP contribution in [0.1, 0.15) is 22.3 Å². The van der Waals surface area contributed by atoms with Crippen molar-refractivity contribution >= 4 is 31.9 Å². The third-order valence-electron chi connectivity index (χ3n) is 3.21. The number of β-amino-alcohol motifs (C(OH)–C–C–N with tert-alkyl or cyclic N) is 1. The number of benzene rings is 1. The fourth-order valence-corrected chi connectivity index (χ4v) is 4.61. The van der Waals surface area contributed by atoms with E-state index in [2.05, 4.69) is 15.9 Å². The number of carboxylic acids is 1. The average Bonchev–Trinajstić information content (AvgIpc) is 2.79. The Balaban J connectivity index is 2.54. The fraction of sp³-hybridized carbons (Fsp3) is 0.417. The minimum Gasteiger partial charge on any atom is -0.478 e. The van der Waals surface area contributed by atoms with Gasteiger partial charge in [-0.1, -0.05) is 0 Å². The Morgan fingerprint density at radius 3 is 2.60 bits per heavy atom. The molecule has 0 saturated carbocycles. The molecule has 1 aliphatic heterocycles. The number of aliphatic hydroxyl groups is 1. The van der Waals surface area contributed by atoms with Crippen molar-refractivity contribution in [2.45, 2.75) is 24.3 Å². The largest absolute Gasteiger partial charge is 0.478 e. The van der Waals surface area contributed by atoms with Gasteiger partial charge in [-0.2, -0.15) is 4.31 Å². The van der Waals surface area contributed by atoms with Crippen LogP contribution in [0.15, 0.2) is 21.5 Å². The van der Waals surface area contributed by atoms with E-state index in [-0.39, 0.29) is 23.5 Å². The van der Waals surface area contributed by atoms with Crippen molar-refractivity contribution in [3.63, 3.8) is 0 Å². The van der Waals surface area contributed by atoms with Crippen LogP contribution < -0.4 is 0 Å². The Morgan fingerprint density at radius 2 is 2.10 bits per heavy atom. The molecule has 1 heterocycles. The third-order valence-corrected chi connectivity index (χ3v) is 6.42. The van der Waals surface area contributed by atoms with Crippen molar-refractivity contribution in [1.82, 2.24) is 4.31 Å². The number of aromatic carboxylic acids is 1. The first-order valence-electron chi connectivity index (χ1n) is 5.95. The first-order valence-corrected chi connectivity index (χ1v) is 8.18. The molecule has 0 spiro atoms. The van der Waals surface area contributed by atoms with Gasteiger partial charge in [0.2, 0.25) is 10.0 Å². The number of aliphatic hydroxyl groups excluding tert-OH is 1. The van der Waals surface area contributed by atoms with Crippen molar-refractivity contribution in [1.29, 1.82) is 0 Å². The highest BCUT2D eigenvalue weighted by Crippen LogP contribution is 2.31. The summed E-state index contributed by atoms with van der Waals surface area (Å²) in [5, 5.41) is 18.5. The first-order chi connectivity index (χ1) is 9.23. The van der Waals surface area contributed by atoms with Gasteiger partial charge in [0.1, 0.15) is 0 Å². The van der Waals surface area contributed by atoms with E-state index in [1.165, 1.54) is 10.4 Å². The van der Waals surface area contributed by atoms with Crippen molar-refractivity contribution in [2.75, 3.05) is 13.1 Å². The van der Waals surface area contributed by atoms with Crippen molar-refractivity contribution < 1.29 is 23.4 Å². The summed E-state index contributed by atoms with van der Waals surface area (Å²) < 4.78 is 26.6. The lowest BCUT2D eigenvalue weighted by atomic mass is 10.1. The van der Waals surface area contributed by atoms with Crippen molar-refractivity contribution in [3.05, 3.63) is 27.7 Å². The number of halogens is 1. The van der Waals surface area contributed by atoms with Gasteiger partial charge >= 0.3 is 5.97 Å². The van der Waals surface area contributed by atoms with E-state index in [1.54, 1.807) is 6.92 Å². The van der Waals surface area contributed by atoms with Crippen molar-refractivity contribution in [2.24, 2.45) is 0 Å². The number of carbonyl (C=O) groups is 1. The van der Waals surface area contributed by atoms with E-state index in [4.69, 9.17) is 5.11 Å². The van der Waals surface area contributed by atoms with E-state index < -0.39 is 22.1 Å². The number of hydrogen-bond acceptors (Lipinski definition) is 4. The Morgan fingerprint density at radius 1 is 1.45 bits per heavy atom. The predicted molar refractivity (Wildman–Crippen MR) is 75.2 cm³/mol. The number of aryl methyl sites for hydroxylation is 1. The summed E-state index contributed by atoms with van der Waals surface area (Å²) in [6, 6.07) is 2.55. The summed E-state index contributed by atoms with van der Waals surface area (Å²) in [5.74, 6) is -1.18. The number of nitrogens with zero attached hydrogens (tertiary/aromatic N) is 1. The minimum absolute atomic E-state index is 0.0329. The molecule has 1 saturated heterocycles. The molecule has 1 unspecified atom stereocenters. The van der Waals surface area contributed by atoms with E-state index in [0.717, 1.165) is 6.07 Å². The third kappa shape index (κ3) is 2.73. The van der Waals surface area contributed by atoms with Gasteiger partial charge < -0.3 is 10.2 Å². The number of hydrogen-bond donors (Lipinski definition) is 2. The van der Waals surface area contributed by atoms with Crippen LogP contribution >= 0.6 is 15.9 Å². The zero-order valence-electron chi connectivity index (χ0n) is 10.7. The maximum atomic E-state index is 12.5. The van der Waals surface area contributed by atoms with Gasteiger partial charge in [-0.05, 0) is 47.0 Å². The van der Waals surface area contributed by atoms with Gasteiger partial charge in [0.05, 0.1) is 16.6 Å². The maximum absolute atomic E-state index is 12.5. The standard InChI is InChI=1S/C12H14BrNO5S/c1-7-4-8(12(16)17)5-10(11(7)13)20(18,19)14-3-2-9(15)6-14/h4-5,9,15H,2-3,6H2,1H3,(H,16,17). The van der Waals surface area contributed by atoms with Gasteiger partial charge in [-0.25, -0.2) is 13.2 Å². The number of sulfonamides is 1. The molecule has 1 aliphatic rings. The van der Waals surface area contributed by atoms with Crippen LogP contribution in [0.4, 0.5) is 0 Å². The molecule has 2 N–H and O–H groups in total. The second kappa shape index (κ2) is 5.44. The predicted octanol–water partition coefficient (Wildman–Crippen LogP) is 1.21. The summed E-state index contributed by atoms with van der Waals surface area (Å²) in [7, 11) is -3.82. The lowest BCUT2D eigenvalue weighted by Crippen LogP contribution is -2.30. The molecule has 110 valence electrons. The summed E-state index contributed by atoms with van der Waals surface area (Å²) in [6.45, 7) is 1.89. The normalized spacial score (nSPS) is 20.2. The fourth-order valence-electron chi connectivity index (χ4n) is 2.12. The second-order valence-electron chi connectivity index (χ2n) is 4.72. The van der Waals surface area contributed by atoms with Crippen LogP contribution in [0.25, 0.3) is 0 Å². The summed E-state index contributed by atoms with van der Waals surface area (Å²) in [6.07, 6.45) is -0.290. The van der Waals surface area contributed by atoms with Crippen LogP contribution in [0.2, 0.25) is 0 Å². The molecule has 1 aromatic rings. The lowest BCUT2D eigenvalue weighted by Gasteiger charge is -2.18. The minimum atomic E-state index is -3.82. The molecule has 6 nitrogen and oxygen atoms in total. The van der Waals surface area contributed by atoms with Gasteiger partial charge in [-0.3, -0.25) is 0 Å². The molecule has 8 heteroatoms. The molecular formula is C12H14BrNO5S. The lowest BCUT2D eigenvalue weighted by molar-refractivity contribution is 0.0696. The molecule has 0 radical (unpaired) electrons. The maximum Gasteiger partial charge on any atom is 0.335 e. The summed E-state index contributed by atoms with van der Waals surface area (Å²) in [4.78, 5) is 11.0. The molecule has 0 amide bonds. The summed E-state index contributed by atoms with van der Waals surface area (Å²) >= 11 is 3.20. The molecular weight excluding hydrogens is 350 g/mol. The quantitative estimate of drug-likeness (QED) is 0.841. The van der Waals surface area contributed by atoms with Crippen LogP contribution in [-0.2, 0) is 10.0 Å². The molecule has 1 fully saturated rings. The highest BCUT2D eigenvalue weighted by molar-refractivity contribution is 9.10. The molecule has 20 heavy (non-hydrogen) atoms. The van der Waals surface area contributed by atoms with E-state index in [9.17, 15) is 18.3 Å². The molecule has 2 rings (SSSR count). The Bertz CT molecular complexity index is 658. The number of carboxylic acid groups (broad SMARTS) is 1. The SMILES string of the molecule is Cc1cc(C(=O)O)cc(S(=O)(=O)N2CCC(O)C2)c1Br. The van der Waals surface area contributed by atoms with Crippen LogP contribution in [0, 0.1) is 6.92 Å². The van der Waals surface area contributed by atoms with Crippen LogP contribution in [-0.4, -0.2) is 48.1 Å². The zero-order valence-corrected chi connectivity index (χ0v) is 13.1. The smallest absolute Gasteiger partial charge is 0.335 e. The van der Waals surface area contributed by atoms with E-state index >= 15 is 0 Å². The van der Waals surface area contributed by atoms with E-state index in [1.807, 2.05) is 0 Å². The molecule has 1 aromatic carbocycles. The Hall–Kier alpha value is -0.960. The van der Waals surface area contributed by atoms with Gasteiger partial charge in [-0.15, -0.1) is 0 Å². The first kappa shape index (κ1) is 15.4. The van der Waals surface area contributed by atoms with Crippen LogP contribution in [0.3, 0.4) is 0 Å². The summed E-state index contributed by atoms with van der Waals surface area (Å²) in [5.41, 5.74) is 0.451. The van der Waals surface area contributed by atoms with Gasteiger partial charge in [0.25, 0.3) is 0 Å². The molecule has 0 aromatic heterocycles. The Kier molecular flexibility index (Phi) is 4.19. The highest BCUT2D eigenvalue weighted by atomic mass is 79.9. The topological polar surface area (TPSA) is 94.9 Å². The van der Waals surface area contributed by atoms with Crippen molar-refractivity contribution in [3.8, 4) is 0 Å². The van der Waals surface area contributed by atoms with Crippen LogP contribution in [0.5, 0.6) is 0 Å². The van der Waals surface area contributed by atoms with E-state index in [0.29, 0.717) is 16.5 Å². The molecule has 0 bridgehead atoms. The van der Waals surface area contributed by atoms with Gasteiger partial charge in [0.15, 0.2) is 0 Å². The highest BCUT2D eigenvalue weighted by Gasteiger charge is 2.33. The average molecular weight is 364 g/mol. The Labute approximate surface area is 125 Å². The monoisotopic (exact) mass is 363 g/mol. The number of rotatable bonds is 3.